The summed E-state index contributed by atoms with van der Waals surface area (Å²) in [7, 11) is 0. The third kappa shape index (κ3) is 27.4. The van der Waals surface area contributed by atoms with Crippen LogP contribution < -0.4 is 64.6 Å². The number of para-hydroxylation sites is 1. The van der Waals surface area contributed by atoms with Gasteiger partial charge in [-0.05, 0) is 67.1 Å². The monoisotopic (exact) mass is 1370 g/mol. The lowest BCUT2D eigenvalue weighted by Gasteiger charge is -2.28. The first-order chi connectivity index (χ1) is 45.4. The van der Waals surface area contributed by atoms with Crippen LogP contribution in [-0.2, 0) is 88.3 Å². The zero-order chi connectivity index (χ0) is 69.4. The van der Waals surface area contributed by atoms with Gasteiger partial charge in [0.15, 0.2) is 0 Å². The quantitative estimate of drug-likeness (QED) is 0.0225. The Morgan fingerprint density at radius 3 is 1.74 bits per heavy atom. The van der Waals surface area contributed by atoms with Crippen molar-refractivity contribution in [2.24, 2.45) is 11.5 Å². The summed E-state index contributed by atoms with van der Waals surface area (Å²) in [5.74, 6) is -7.08. The molecule has 0 saturated carbocycles. The van der Waals surface area contributed by atoms with E-state index < -0.39 is 133 Å². The Morgan fingerprint density at radius 2 is 1.12 bits per heavy atom. The number of benzene rings is 3. The largest absolute Gasteiger partial charge is 0.508 e. The number of thiazole rings is 1. The molecule has 0 aliphatic rings. The molecular formula is C63H85N15O14S3. The van der Waals surface area contributed by atoms with Crippen LogP contribution in [-0.4, -0.2) is 176 Å². The Labute approximate surface area is 561 Å². The van der Waals surface area contributed by atoms with E-state index in [2.05, 4.69) is 68.1 Å². The van der Waals surface area contributed by atoms with E-state index in [0.717, 1.165) is 15.8 Å². The van der Waals surface area contributed by atoms with E-state index in [4.69, 9.17) is 11.5 Å². The lowest BCUT2D eigenvalue weighted by atomic mass is 10.0. The van der Waals surface area contributed by atoms with Crippen molar-refractivity contribution in [1.82, 2.24) is 68.1 Å². The number of nitrogens with two attached hydrogens (primary N) is 2. The first kappa shape index (κ1) is 76.6. The van der Waals surface area contributed by atoms with Crippen molar-refractivity contribution in [3.8, 4) is 5.75 Å². The smallest absolute Gasteiger partial charge is 0.245 e. The van der Waals surface area contributed by atoms with Crippen molar-refractivity contribution in [2.75, 3.05) is 31.1 Å². The summed E-state index contributed by atoms with van der Waals surface area (Å²) >= 11 is 4.18. The molecule has 0 spiro atoms. The number of imidazole rings is 1. The van der Waals surface area contributed by atoms with E-state index in [1.165, 1.54) is 78.6 Å². The maximum absolute atomic E-state index is 14.5. The van der Waals surface area contributed by atoms with Crippen molar-refractivity contribution >= 4 is 116 Å². The van der Waals surface area contributed by atoms with E-state index in [1.807, 2.05) is 37.3 Å². The highest BCUT2D eigenvalue weighted by molar-refractivity contribution is 7.98. The molecule has 29 nitrogen and oxygen atoms in total. The number of hydrogen-bond donors (Lipinski definition) is 15. The molecule has 5 aromatic rings. The highest BCUT2D eigenvalue weighted by Crippen LogP contribution is 2.24. The fourth-order valence-electron chi connectivity index (χ4n) is 9.33. The van der Waals surface area contributed by atoms with Gasteiger partial charge < -0.3 is 79.8 Å². The number of rotatable bonds is 42. The maximum atomic E-state index is 14.5. The second-order valence-electron chi connectivity index (χ2n) is 22.2. The van der Waals surface area contributed by atoms with Crippen molar-refractivity contribution in [3.05, 3.63) is 113 Å². The number of aliphatic hydroxyl groups is 1. The van der Waals surface area contributed by atoms with E-state index in [1.54, 1.807) is 32.0 Å². The zero-order valence-corrected chi connectivity index (χ0v) is 55.7. The van der Waals surface area contributed by atoms with E-state index in [9.17, 15) is 67.7 Å². The molecule has 2 heterocycles. The molecule has 0 unspecified atom stereocenters. The second-order valence-corrected chi connectivity index (χ2v) is 25.5. The molecule has 0 aliphatic heterocycles. The van der Waals surface area contributed by atoms with Crippen molar-refractivity contribution in [1.29, 1.82) is 0 Å². The fourth-order valence-corrected chi connectivity index (χ4v) is 12.2. The van der Waals surface area contributed by atoms with Gasteiger partial charge in [0.2, 0.25) is 70.9 Å². The van der Waals surface area contributed by atoms with Gasteiger partial charge >= 0.3 is 0 Å². The first-order valence-electron chi connectivity index (χ1n) is 31.0. The van der Waals surface area contributed by atoms with Crippen LogP contribution in [0.15, 0.2) is 85.3 Å². The number of fused-ring (bicyclic) bond motifs is 1. The maximum Gasteiger partial charge on any atom is 0.245 e. The van der Waals surface area contributed by atoms with Gasteiger partial charge in [-0.1, -0.05) is 82.1 Å². The molecule has 514 valence electrons. The fraction of sp³-hybridized carbons (Fsp3) is 0.460. The minimum atomic E-state index is -1.79. The molecule has 0 bridgehead atoms. The summed E-state index contributed by atoms with van der Waals surface area (Å²) in [5.41, 5.74) is 14.3. The Balaban J connectivity index is 1.23. The van der Waals surface area contributed by atoms with Crippen LogP contribution in [0.5, 0.6) is 5.75 Å². The molecule has 5 rings (SSSR count). The predicted octanol–water partition coefficient (Wildman–Crippen LogP) is -0.197. The number of amides is 12. The standard InChI is InChI=1S/C63H85N15O14S3/c1-5-11-43(57(64)86)71-53(84)31-68-52(83)29-69-59(88)44(12-6-2)75-61(90)47(27-55-74-42-16-8-9-17-49(42)95-55)77-63(92)56(36(4)79)78-62(91)46(26-40-28-66-35-70-40)76-60(89)45(25-37-18-20-41(80)21-19-37)72-54(85)30-67-50(81)22-23-93-32-38-14-10-15-39(24-38)33-94-34-48(58(65)87)73-51(82)13-7-3/h8-10,14-21,24,28,35-36,43-48,56,79-80H,5-7,11-13,22-23,25-27,29-34H2,1-4H3,(H2,64,86)(H2,65,87)(H,66,70)(H,67,81)(H,68,83)(H,69,88)(H,71,84)(H,72,85)(H,73,82)(H,75,90)(H,76,89)(H,77,92)(H,78,91)/t36-,43+,44+,45+,46+,47+,48+,56+/m1/s1. The van der Waals surface area contributed by atoms with Gasteiger partial charge in [-0.3, -0.25) is 57.5 Å². The molecule has 17 N–H and O–H groups in total. The number of aromatic nitrogens is 3. The lowest BCUT2D eigenvalue weighted by Crippen LogP contribution is -2.62. The number of carbonyl (C=O) groups excluding carboxylic acids is 12. The minimum Gasteiger partial charge on any atom is -0.508 e. The van der Waals surface area contributed by atoms with Crippen LogP contribution >= 0.6 is 34.9 Å². The number of nitrogens with one attached hydrogen (secondary N) is 11. The number of thioether (sulfide) groups is 2. The number of aromatic hydroxyl groups is 1. The Bertz CT molecular complexity index is 3380. The first-order valence-corrected chi connectivity index (χ1v) is 34.1. The van der Waals surface area contributed by atoms with Crippen LogP contribution in [0.1, 0.15) is 100 Å². The van der Waals surface area contributed by atoms with Gasteiger partial charge in [-0.2, -0.15) is 23.5 Å². The van der Waals surface area contributed by atoms with E-state index in [-0.39, 0.29) is 50.2 Å². The van der Waals surface area contributed by atoms with E-state index in [0.29, 0.717) is 70.5 Å². The number of H-pyrrole nitrogens is 1. The molecule has 12 amide bonds. The molecule has 2 aromatic heterocycles. The van der Waals surface area contributed by atoms with Gasteiger partial charge in [0.25, 0.3) is 0 Å². The molecule has 0 aliphatic carbocycles. The Hall–Kier alpha value is -9.14. The van der Waals surface area contributed by atoms with Crippen LogP contribution in [0.3, 0.4) is 0 Å². The molecule has 95 heavy (non-hydrogen) atoms. The normalized spacial score (nSPS) is 13.6. The van der Waals surface area contributed by atoms with Gasteiger partial charge in [0.05, 0.1) is 47.3 Å². The molecule has 0 saturated heterocycles. The number of aliphatic hydroxyl groups excluding tert-OH is 1. The molecule has 32 heteroatoms. The molecule has 8 atom stereocenters. The second kappa shape index (κ2) is 40.2. The number of hydrogen-bond acceptors (Lipinski definition) is 19. The van der Waals surface area contributed by atoms with Gasteiger partial charge in [0.1, 0.15) is 48.0 Å². The van der Waals surface area contributed by atoms with Crippen LogP contribution in [0.4, 0.5) is 0 Å². The van der Waals surface area contributed by atoms with Gasteiger partial charge in [-0.25, -0.2) is 9.97 Å². The average Bonchev–Trinajstić information content (AvgIpc) is 1.75. The van der Waals surface area contributed by atoms with Crippen LogP contribution in [0.25, 0.3) is 10.2 Å². The third-order valence-corrected chi connectivity index (χ3v) is 17.5. The van der Waals surface area contributed by atoms with Gasteiger partial charge in [-0.15, -0.1) is 11.3 Å². The number of primary amides is 2. The third-order valence-electron chi connectivity index (χ3n) is 14.3. The topological polar surface area (TPSA) is 459 Å². The molecular weight excluding hydrogens is 1290 g/mol. The van der Waals surface area contributed by atoms with E-state index >= 15 is 0 Å². The highest BCUT2D eigenvalue weighted by Gasteiger charge is 2.36. The number of nitrogens with zero attached hydrogens (tertiary/aromatic N) is 2. The van der Waals surface area contributed by atoms with Gasteiger partial charge in [0, 0.05) is 67.0 Å². The van der Waals surface area contributed by atoms with Crippen molar-refractivity contribution < 1.29 is 67.7 Å². The summed E-state index contributed by atoms with van der Waals surface area (Å²) in [6.07, 6.45) is 2.66. The summed E-state index contributed by atoms with van der Waals surface area (Å²) in [5, 5.41) is 47.0. The minimum absolute atomic E-state index is 0.0474. The highest BCUT2D eigenvalue weighted by atomic mass is 32.2. The van der Waals surface area contributed by atoms with Crippen molar-refractivity contribution in [3.63, 3.8) is 0 Å². The average molecular weight is 1370 g/mol. The molecule has 3 aromatic carbocycles. The summed E-state index contributed by atoms with van der Waals surface area (Å²) in [6.45, 7) is 4.95. The predicted molar refractivity (Wildman–Crippen MR) is 358 cm³/mol. The number of carbonyl (C=O) groups is 12. The van der Waals surface area contributed by atoms with Crippen LogP contribution in [0, 0.1) is 0 Å². The lowest BCUT2D eigenvalue weighted by molar-refractivity contribution is -0.136. The Kier molecular flexibility index (Phi) is 32.4. The summed E-state index contributed by atoms with van der Waals surface area (Å²) in [4.78, 5) is 170. The van der Waals surface area contributed by atoms with Crippen molar-refractivity contribution in [2.45, 2.75) is 152 Å². The zero-order valence-electron chi connectivity index (χ0n) is 53.3. The van der Waals surface area contributed by atoms with Crippen LogP contribution in [0.2, 0.25) is 0 Å². The number of phenolic OH excluding ortho intramolecular Hbond substituents is 1. The summed E-state index contributed by atoms with van der Waals surface area (Å²) in [6, 6.07) is 11.5. The number of aromatic amines is 1. The molecule has 0 fully saturated rings. The molecule has 0 radical (unpaired) electrons. The Morgan fingerprint density at radius 1 is 0.547 bits per heavy atom. The number of phenols is 1. The summed E-state index contributed by atoms with van der Waals surface area (Å²) < 4.78 is 0.758. The SMILES string of the molecule is CCCC(=O)N[C@@H](CSCc1cccc(CSCCC(=O)NCC(=O)N[C@@H](Cc2ccc(O)cc2)C(=O)N[C@@H](Cc2cnc[nH]2)C(=O)N[C@H](C(=O)N[C@@H](Cc2nc3ccccc3s2)C(=O)N[C@@H](CCC)C(=O)NCC(=O)NCC(=O)N[C@@H](CCC)C(N)=O)[C@@H](C)O)c1)C(N)=O.